The van der Waals surface area contributed by atoms with Crippen molar-refractivity contribution < 1.29 is 14.1 Å². The summed E-state index contributed by atoms with van der Waals surface area (Å²) in [4.78, 5) is 22.0. The molecule has 0 heterocycles. The molecule has 1 atom stereocenters. The van der Waals surface area contributed by atoms with Gasteiger partial charge in [-0.1, -0.05) is 12.1 Å². The van der Waals surface area contributed by atoms with Crippen LogP contribution in [0.5, 0.6) is 0 Å². The van der Waals surface area contributed by atoms with Crippen LogP contribution in [-0.2, 0) is 0 Å². The lowest BCUT2D eigenvalue weighted by molar-refractivity contribution is -0.384. The van der Waals surface area contributed by atoms with Gasteiger partial charge in [0.15, 0.2) is 5.78 Å². The van der Waals surface area contributed by atoms with Gasteiger partial charge in [-0.3, -0.25) is 14.9 Å². The van der Waals surface area contributed by atoms with E-state index in [2.05, 4.69) is 5.32 Å². The predicted octanol–water partition coefficient (Wildman–Crippen LogP) is 4.42. The molecular formula is C17H17FN2O3. The summed E-state index contributed by atoms with van der Waals surface area (Å²) in [7, 11) is 0. The Kier molecular flexibility index (Phi) is 4.74. The zero-order chi connectivity index (χ0) is 17.1. The maximum absolute atomic E-state index is 13.7. The lowest BCUT2D eigenvalue weighted by Gasteiger charge is -2.16. The number of benzene rings is 2. The molecule has 0 saturated carbocycles. The summed E-state index contributed by atoms with van der Waals surface area (Å²) in [6.45, 7) is 4.80. The van der Waals surface area contributed by atoms with Crippen LogP contribution < -0.4 is 5.32 Å². The molecule has 0 spiro atoms. The van der Waals surface area contributed by atoms with Crippen LogP contribution in [-0.4, -0.2) is 10.7 Å². The van der Waals surface area contributed by atoms with Gasteiger partial charge < -0.3 is 5.32 Å². The minimum Gasteiger partial charge on any atom is -0.373 e. The van der Waals surface area contributed by atoms with Gasteiger partial charge in [-0.05, 0) is 50.1 Å². The maximum Gasteiger partial charge on any atom is 0.293 e. The second-order valence-corrected chi connectivity index (χ2v) is 5.42. The average Bonchev–Trinajstić information content (AvgIpc) is 2.49. The monoisotopic (exact) mass is 316 g/mol. The molecule has 0 saturated heterocycles. The van der Waals surface area contributed by atoms with Gasteiger partial charge in [0.1, 0.15) is 11.5 Å². The molecule has 6 heteroatoms. The lowest BCUT2D eigenvalue weighted by atomic mass is 10.0. The summed E-state index contributed by atoms with van der Waals surface area (Å²) in [5.41, 5.74) is 1.60. The van der Waals surface area contributed by atoms with E-state index in [1.807, 2.05) is 0 Å². The number of nitrogens with zero attached hydrogens (tertiary/aromatic N) is 1. The number of anilines is 1. The van der Waals surface area contributed by atoms with E-state index in [0.717, 1.165) is 0 Å². The Labute approximate surface area is 133 Å². The Morgan fingerprint density at radius 3 is 2.52 bits per heavy atom. The maximum atomic E-state index is 13.7. The van der Waals surface area contributed by atoms with Crippen LogP contribution >= 0.6 is 0 Å². The first-order valence-corrected chi connectivity index (χ1v) is 7.11. The number of hydrogen-bond donors (Lipinski definition) is 1. The van der Waals surface area contributed by atoms with Crippen molar-refractivity contribution >= 4 is 17.2 Å². The smallest absolute Gasteiger partial charge is 0.293 e. The summed E-state index contributed by atoms with van der Waals surface area (Å²) in [6.07, 6.45) is 0. The number of rotatable bonds is 5. The molecule has 0 aliphatic heterocycles. The minimum absolute atomic E-state index is 0.183. The molecule has 5 nitrogen and oxygen atoms in total. The summed E-state index contributed by atoms with van der Waals surface area (Å²) >= 11 is 0. The molecule has 1 N–H and O–H groups in total. The molecule has 0 radical (unpaired) electrons. The van der Waals surface area contributed by atoms with E-state index in [9.17, 15) is 19.3 Å². The van der Waals surface area contributed by atoms with Gasteiger partial charge in [0.05, 0.1) is 4.92 Å². The van der Waals surface area contributed by atoms with Crippen LogP contribution in [0.1, 0.15) is 41.4 Å². The number of nitrogens with one attached hydrogen (secondary N) is 1. The molecular weight excluding hydrogens is 299 g/mol. The van der Waals surface area contributed by atoms with Crippen molar-refractivity contribution in [3.63, 3.8) is 0 Å². The minimum atomic E-state index is -0.544. The molecule has 1 unspecified atom stereocenters. The molecule has 2 aromatic rings. The topological polar surface area (TPSA) is 72.2 Å². The van der Waals surface area contributed by atoms with Gasteiger partial charge in [-0.25, -0.2) is 4.39 Å². The second-order valence-electron chi connectivity index (χ2n) is 5.42. The molecule has 0 aromatic heterocycles. The predicted molar refractivity (Wildman–Crippen MR) is 86.3 cm³/mol. The number of nitro benzene ring substituents is 1. The molecule has 0 bridgehead atoms. The van der Waals surface area contributed by atoms with Crippen LogP contribution in [0, 0.1) is 22.9 Å². The van der Waals surface area contributed by atoms with Crippen LogP contribution in [0.2, 0.25) is 0 Å². The molecule has 2 rings (SSSR count). The summed E-state index contributed by atoms with van der Waals surface area (Å²) in [6, 6.07) is 8.78. The van der Waals surface area contributed by atoms with E-state index >= 15 is 0 Å². The average molecular weight is 316 g/mol. The highest BCUT2D eigenvalue weighted by Crippen LogP contribution is 2.29. The van der Waals surface area contributed by atoms with Crippen molar-refractivity contribution in [2.45, 2.75) is 26.8 Å². The summed E-state index contributed by atoms with van der Waals surface area (Å²) in [5.74, 6) is -0.564. The highest BCUT2D eigenvalue weighted by molar-refractivity contribution is 5.95. The van der Waals surface area contributed by atoms with Crippen LogP contribution in [0.3, 0.4) is 0 Å². The largest absolute Gasteiger partial charge is 0.373 e. The van der Waals surface area contributed by atoms with Crippen molar-refractivity contribution in [1.82, 2.24) is 0 Å². The Morgan fingerprint density at radius 2 is 1.96 bits per heavy atom. The summed E-state index contributed by atoms with van der Waals surface area (Å²) < 4.78 is 13.7. The fourth-order valence-corrected chi connectivity index (χ4v) is 2.22. The van der Waals surface area contributed by atoms with E-state index in [4.69, 9.17) is 0 Å². The molecule has 0 aliphatic rings. The number of halogens is 1. The van der Waals surface area contributed by atoms with Gasteiger partial charge in [-0.2, -0.15) is 0 Å². The van der Waals surface area contributed by atoms with Gasteiger partial charge in [-0.15, -0.1) is 0 Å². The fourth-order valence-electron chi connectivity index (χ4n) is 2.22. The molecule has 23 heavy (non-hydrogen) atoms. The molecule has 0 amide bonds. The molecule has 120 valence electrons. The van der Waals surface area contributed by atoms with Crippen molar-refractivity contribution in [1.29, 1.82) is 0 Å². The van der Waals surface area contributed by atoms with E-state index < -0.39 is 4.92 Å². The number of hydrogen-bond acceptors (Lipinski definition) is 4. The Hall–Kier alpha value is -2.76. The van der Waals surface area contributed by atoms with E-state index in [1.165, 1.54) is 31.2 Å². The van der Waals surface area contributed by atoms with Crippen molar-refractivity contribution in [2.24, 2.45) is 0 Å². The number of Topliss-reactive ketones (excluding diaryl/α,β-unsaturated/α-hetero) is 1. The van der Waals surface area contributed by atoms with E-state index in [0.29, 0.717) is 11.1 Å². The molecule has 0 fully saturated rings. The normalized spacial score (nSPS) is 11.8. The third-order valence-corrected chi connectivity index (χ3v) is 3.67. The number of carbonyl (C=O) groups is 1. The fraction of sp³-hybridized carbons (Fsp3) is 0.235. The molecule has 2 aromatic carbocycles. The number of carbonyl (C=O) groups excluding carboxylic acids is 1. The zero-order valence-corrected chi connectivity index (χ0v) is 13.1. The van der Waals surface area contributed by atoms with Crippen molar-refractivity contribution in [3.8, 4) is 0 Å². The zero-order valence-electron chi connectivity index (χ0n) is 13.1. The standard InChI is InChI=1S/C17H17FN2O3/c1-10-4-5-13(8-15(10)18)11(2)19-16-7-6-14(12(3)21)9-17(16)20(22)23/h4-9,11,19H,1-3H3. The van der Waals surface area contributed by atoms with Gasteiger partial charge in [0.25, 0.3) is 5.69 Å². The van der Waals surface area contributed by atoms with Gasteiger partial charge >= 0.3 is 0 Å². The van der Waals surface area contributed by atoms with E-state index in [1.54, 1.807) is 26.0 Å². The van der Waals surface area contributed by atoms with E-state index in [-0.39, 0.29) is 34.6 Å². The Morgan fingerprint density at radius 1 is 1.26 bits per heavy atom. The highest BCUT2D eigenvalue weighted by Gasteiger charge is 2.18. The summed E-state index contributed by atoms with van der Waals surface area (Å²) in [5, 5.41) is 14.2. The van der Waals surface area contributed by atoms with Gasteiger partial charge in [0, 0.05) is 17.7 Å². The SMILES string of the molecule is CC(=O)c1ccc(NC(C)c2ccc(C)c(F)c2)c([N+](=O)[O-])c1. The number of ketones is 1. The lowest BCUT2D eigenvalue weighted by Crippen LogP contribution is -2.09. The van der Waals surface area contributed by atoms with Gasteiger partial charge in [0.2, 0.25) is 0 Å². The molecule has 0 aliphatic carbocycles. The highest BCUT2D eigenvalue weighted by atomic mass is 19.1. The third kappa shape index (κ3) is 3.71. The first-order chi connectivity index (χ1) is 10.8. The number of nitro groups is 1. The van der Waals surface area contributed by atoms with Crippen molar-refractivity contribution in [3.05, 3.63) is 69.0 Å². The Balaban J connectivity index is 2.33. The Bertz CT molecular complexity index is 774. The van der Waals surface area contributed by atoms with Crippen molar-refractivity contribution in [2.75, 3.05) is 5.32 Å². The second kappa shape index (κ2) is 6.56. The first-order valence-electron chi connectivity index (χ1n) is 7.11. The third-order valence-electron chi connectivity index (χ3n) is 3.67. The van der Waals surface area contributed by atoms with Crippen LogP contribution in [0.15, 0.2) is 36.4 Å². The van der Waals surface area contributed by atoms with Crippen LogP contribution in [0.4, 0.5) is 15.8 Å². The first kappa shape index (κ1) is 16.6. The number of aryl methyl sites for hydroxylation is 1. The quantitative estimate of drug-likeness (QED) is 0.503. The van der Waals surface area contributed by atoms with Crippen LogP contribution in [0.25, 0.3) is 0 Å².